The van der Waals surface area contributed by atoms with Gasteiger partial charge in [-0.05, 0) is 30.3 Å². The molecule has 0 fully saturated rings. The maximum Gasteiger partial charge on any atom is 0.255 e. The van der Waals surface area contributed by atoms with Gasteiger partial charge in [0.1, 0.15) is 23.9 Å². The first-order valence-corrected chi connectivity index (χ1v) is 6.98. The normalized spacial score (nSPS) is 10.1. The number of rotatable bonds is 6. The third-order valence-electron chi connectivity index (χ3n) is 2.89. The van der Waals surface area contributed by atoms with Gasteiger partial charge in [-0.3, -0.25) is 4.79 Å². The molecule has 1 N–H and O–H groups in total. The van der Waals surface area contributed by atoms with Crippen LogP contribution in [0.15, 0.2) is 42.5 Å². The summed E-state index contributed by atoms with van der Waals surface area (Å²) in [4.78, 5) is 12.0. The molecule has 0 saturated carbocycles. The van der Waals surface area contributed by atoms with Crippen LogP contribution in [0.25, 0.3) is 0 Å². The molecule has 4 nitrogen and oxygen atoms in total. The zero-order valence-electron chi connectivity index (χ0n) is 11.9. The quantitative estimate of drug-likeness (QED) is 0.830. The average molecular weight is 324 g/mol. The van der Waals surface area contributed by atoms with Crippen molar-refractivity contribution < 1.29 is 18.7 Å². The first-order valence-electron chi connectivity index (χ1n) is 6.61. The van der Waals surface area contributed by atoms with E-state index in [1.807, 2.05) is 0 Å². The lowest BCUT2D eigenvalue weighted by Crippen LogP contribution is -2.28. The number of carbonyl (C=O) groups excluding carboxylic acids is 1. The van der Waals surface area contributed by atoms with E-state index in [1.54, 1.807) is 24.3 Å². The molecule has 6 heteroatoms. The predicted octanol–water partition coefficient (Wildman–Crippen LogP) is 3.30. The fourth-order valence-corrected chi connectivity index (χ4v) is 2.07. The molecule has 2 aromatic carbocycles. The Hall–Kier alpha value is -2.27. The fourth-order valence-electron chi connectivity index (χ4n) is 1.85. The number of amides is 1. The van der Waals surface area contributed by atoms with Crippen molar-refractivity contribution in [3.8, 4) is 11.5 Å². The SMILES string of the molecule is COc1ccccc1C(=O)NCCOc1ccc(F)cc1Cl. The molecular formula is C16H15ClFNO3. The highest BCUT2D eigenvalue weighted by molar-refractivity contribution is 6.32. The van der Waals surface area contributed by atoms with E-state index in [-0.39, 0.29) is 24.1 Å². The minimum atomic E-state index is -0.429. The number of carbonyl (C=O) groups is 1. The van der Waals surface area contributed by atoms with E-state index < -0.39 is 5.82 Å². The second kappa shape index (κ2) is 7.66. The summed E-state index contributed by atoms with van der Waals surface area (Å²) in [6, 6.07) is 10.8. The molecule has 0 aliphatic carbocycles. The van der Waals surface area contributed by atoms with Gasteiger partial charge >= 0.3 is 0 Å². The van der Waals surface area contributed by atoms with Crippen LogP contribution in [0.2, 0.25) is 5.02 Å². The molecule has 2 aromatic rings. The van der Waals surface area contributed by atoms with Crippen molar-refractivity contribution in [1.29, 1.82) is 0 Å². The van der Waals surface area contributed by atoms with E-state index >= 15 is 0 Å². The van der Waals surface area contributed by atoms with Crippen molar-refractivity contribution in [3.63, 3.8) is 0 Å². The maximum atomic E-state index is 12.9. The van der Waals surface area contributed by atoms with Crippen molar-refractivity contribution in [2.75, 3.05) is 20.3 Å². The minimum absolute atomic E-state index is 0.191. The van der Waals surface area contributed by atoms with Gasteiger partial charge in [-0.2, -0.15) is 0 Å². The van der Waals surface area contributed by atoms with Gasteiger partial charge in [-0.1, -0.05) is 23.7 Å². The Bertz CT molecular complexity index is 664. The van der Waals surface area contributed by atoms with E-state index in [1.165, 1.54) is 25.3 Å². The van der Waals surface area contributed by atoms with Gasteiger partial charge in [0.2, 0.25) is 0 Å². The topological polar surface area (TPSA) is 47.6 Å². The molecule has 0 spiro atoms. The van der Waals surface area contributed by atoms with E-state index in [2.05, 4.69) is 5.32 Å². The van der Waals surface area contributed by atoms with Crippen LogP contribution in [0.5, 0.6) is 11.5 Å². The van der Waals surface area contributed by atoms with Crippen LogP contribution < -0.4 is 14.8 Å². The standard InChI is InChI=1S/C16H15ClFNO3/c1-21-14-5-3-2-4-12(14)16(20)19-8-9-22-15-7-6-11(18)10-13(15)17/h2-7,10H,8-9H2,1H3,(H,19,20). The van der Waals surface area contributed by atoms with Crippen LogP contribution in [0.4, 0.5) is 4.39 Å². The molecule has 0 saturated heterocycles. The summed E-state index contributed by atoms with van der Waals surface area (Å²) in [7, 11) is 1.51. The first kappa shape index (κ1) is 16.1. The molecular weight excluding hydrogens is 309 g/mol. The largest absolute Gasteiger partial charge is 0.496 e. The molecule has 0 atom stereocenters. The zero-order valence-corrected chi connectivity index (χ0v) is 12.7. The summed E-state index contributed by atoms with van der Waals surface area (Å²) in [5.41, 5.74) is 0.449. The fraction of sp³-hybridized carbons (Fsp3) is 0.188. The van der Waals surface area contributed by atoms with Gasteiger partial charge in [0.25, 0.3) is 5.91 Å². The lowest BCUT2D eigenvalue weighted by molar-refractivity contribution is 0.0944. The molecule has 0 radical (unpaired) electrons. The Balaban J connectivity index is 1.84. The van der Waals surface area contributed by atoms with Crippen LogP contribution in [0.1, 0.15) is 10.4 Å². The lowest BCUT2D eigenvalue weighted by atomic mass is 10.2. The van der Waals surface area contributed by atoms with Gasteiger partial charge in [0.15, 0.2) is 0 Å². The van der Waals surface area contributed by atoms with Gasteiger partial charge in [0, 0.05) is 0 Å². The minimum Gasteiger partial charge on any atom is -0.496 e. The van der Waals surface area contributed by atoms with Crippen molar-refractivity contribution in [1.82, 2.24) is 5.32 Å². The molecule has 0 aliphatic rings. The van der Waals surface area contributed by atoms with Crippen molar-refractivity contribution in [3.05, 3.63) is 58.9 Å². The number of benzene rings is 2. The highest BCUT2D eigenvalue weighted by atomic mass is 35.5. The van der Waals surface area contributed by atoms with E-state index in [9.17, 15) is 9.18 Å². The maximum absolute atomic E-state index is 12.9. The molecule has 0 unspecified atom stereocenters. The van der Waals surface area contributed by atoms with Crippen molar-refractivity contribution in [2.24, 2.45) is 0 Å². The Morgan fingerprint density at radius 3 is 2.73 bits per heavy atom. The summed E-state index contributed by atoms with van der Waals surface area (Å²) in [5.74, 6) is 0.185. The lowest BCUT2D eigenvalue weighted by Gasteiger charge is -2.10. The Morgan fingerprint density at radius 1 is 1.23 bits per heavy atom. The summed E-state index contributed by atoms with van der Waals surface area (Å²) in [5, 5.41) is 2.90. The molecule has 2 rings (SSSR count). The molecule has 0 bridgehead atoms. The molecule has 0 aromatic heterocycles. The smallest absolute Gasteiger partial charge is 0.255 e. The number of ether oxygens (including phenoxy) is 2. The van der Waals surface area contributed by atoms with Gasteiger partial charge in [0.05, 0.1) is 24.2 Å². The number of para-hydroxylation sites is 1. The van der Waals surface area contributed by atoms with Gasteiger partial charge in [-0.25, -0.2) is 4.39 Å². The summed E-state index contributed by atoms with van der Waals surface area (Å²) in [6.07, 6.45) is 0. The number of halogens is 2. The van der Waals surface area contributed by atoms with Crippen LogP contribution >= 0.6 is 11.6 Å². The van der Waals surface area contributed by atoms with Gasteiger partial charge in [-0.15, -0.1) is 0 Å². The van der Waals surface area contributed by atoms with Crippen LogP contribution in [0.3, 0.4) is 0 Å². The number of hydrogen-bond donors (Lipinski definition) is 1. The third-order valence-corrected chi connectivity index (χ3v) is 3.19. The van der Waals surface area contributed by atoms with Crippen LogP contribution in [0, 0.1) is 5.82 Å². The number of methoxy groups -OCH3 is 1. The zero-order chi connectivity index (χ0) is 15.9. The van der Waals surface area contributed by atoms with Crippen molar-refractivity contribution in [2.45, 2.75) is 0 Å². The number of nitrogens with one attached hydrogen (secondary N) is 1. The van der Waals surface area contributed by atoms with Crippen LogP contribution in [-0.2, 0) is 0 Å². The molecule has 22 heavy (non-hydrogen) atoms. The predicted molar refractivity (Wildman–Crippen MR) is 82.2 cm³/mol. The highest BCUT2D eigenvalue weighted by Crippen LogP contribution is 2.24. The van der Waals surface area contributed by atoms with E-state index in [4.69, 9.17) is 21.1 Å². The second-order valence-corrected chi connectivity index (χ2v) is 4.79. The Labute approximate surface area is 132 Å². The van der Waals surface area contributed by atoms with Crippen LogP contribution in [-0.4, -0.2) is 26.2 Å². The summed E-state index contributed by atoms with van der Waals surface area (Å²) < 4.78 is 23.4. The monoisotopic (exact) mass is 323 g/mol. The van der Waals surface area contributed by atoms with E-state index in [0.717, 1.165) is 0 Å². The Morgan fingerprint density at radius 2 is 2.00 bits per heavy atom. The van der Waals surface area contributed by atoms with Crippen molar-refractivity contribution >= 4 is 17.5 Å². The molecule has 0 heterocycles. The summed E-state index contributed by atoms with van der Waals surface area (Å²) >= 11 is 5.84. The molecule has 0 aliphatic heterocycles. The molecule has 116 valence electrons. The second-order valence-electron chi connectivity index (χ2n) is 4.38. The highest BCUT2D eigenvalue weighted by Gasteiger charge is 2.10. The average Bonchev–Trinajstić information content (AvgIpc) is 2.53. The Kier molecular flexibility index (Phi) is 5.61. The van der Waals surface area contributed by atoms with Gasteiger partial charge < -0.3 is 14.8 Å². The third kappa shape index (κ3) is 4.11. The first-order chi connectivity index (χ1) is 10.6. The van der Waals surface area contributed by atoms with E-state index in [0.29, 0.717) is 17.1 Å². The molecule has 1 amide bonds. The summed E-state index contributed by atoms with van der Waals surface area (Å²) in [6.45, 7) is 0.497. The number of hydrogen-bond acceptors (Lipinski definition) is 3.